The molecule has 24 heavy (non-hydrogen) atoms. The van der Waals surface area contributed by atoms with E-state index < -0.39 is 0 Å². The molecule has 124 valence electrons. The number of H-pyrrole nitrogens is 1. The molecule has 2 N–H and O–H groups in total. The van der Waals surface area contributed by atoms with E-state index in [-0.39, 0.29) is 11.3 Å². The number of carbonyl (C=O) groups excluding carboxylic acids is 1. The number of aromatic nitrogens is 2. The minimum absolute atomic E-state index is 0.137. The van der Waals surface area contributed by atoms with Gasteiger partial charge >= 0.3 is 0 Å². The van der Waals surface area contributed by atoms with Crippen LogP contribution in [-0.2, 0) is 17.9 Å². The van der Waals surface area contributed by atoms with Gasteiger partial charge in [0.1, 0.15) is 24.3 Å². The highest BCUT2D eigenvalue weighted by Gasteiger charge is 2.44. The van der Waals surface area contributed by atoms with Crippen molar-refractivity contribution in [3.05, 3.63) is 48.0 Å². The molecule has 0 radical (unpaired) electrons. The maximum Gasteiger partial charge on any atom is 0.226 e. The van der Waals surface area contributed by atoms with Crippen LogP contribution in [-0.4, -0.2) is 16.0 Å². The van der Waals surface area contributed by atoms with Gasteiger partial charge in [-0.15, -0.1) is 0 Å². The van der Waals surface area contributed by atoms with Crippen LogP contribution in [0.25, 0.3) is 10.9 Å². The lowest BCUT2D eigenvalue weighted by Gasteiger charge is -2.08. The molecular formula is C18H19N3O3. The van der Waals surface area contributed by atoms with E-state index in [0.29, 0.717) is 13.2 Å². The van der Waals surface area contributed by atoms with Crippen molar-refractivity contribution in [3.8, 4) is 5.75 Å². The normalized spacial score (nSPS) is 15.4. The Labute approximate surface area is 139 Å². The first-order valence-electron chi connectivity index (χ1n) is 8.04. The van der Waals surface area contributed by atoms with Gasteiger partial charge in [-0.2, -0.15) is 0 Å². The predicted octanol–water partition coefficient (Wildman–Crippen LogP) is 3.15. The van der Waals surface area contributed by atoms with Crippen LogP contribution in [0.2, 0.25) is 0 Å². The molecule has 0 spiro atoms. The van der Waals surface area contributed by atoms with Gasteiger partial charge in [-0.3, -0.25) is 4.79 Å². The van der Waals surface area contributed by atoms with E-state index in [4.69, 9.17) is 9.26 Å². The fourth-order valence-electron chi connectivity index (χ4n) is 2.62. The monoisotopic (exact) mass is 325 g/mol. The number of rotatable bonds is 6. The van der Waals surface area contributed by atoms with Crippen LogP contribution in [0.3, 0.4) is 0 Å². The molecule has 1 aromatic carbocycles. The number of ether oxygens (including phenoxy) is 1. The lowest BCUT2D eigenvalue weighted by atomic mass is 10.1. The largest absolute Gasteiger partial charge is 0.487 e. The van der Waals surface area contributed by atoms with Crippen LogP contribution in [0.1, 0.15) is 31.2 Å². The average molecular weight is 325 g/mol. The average Bonchev–Trinajstić information content (AvgIpc) is 3.03. The smallest absolute Gasteiger partial charge is 0.226 e. The summed E-state index contributed by atoms with van der Waals surface area (Å²) in [6.45, 7) is 2.88. The van der Waals surface area contributed by atoms with Gasteiger partial charge in [0.2, 0.25) is 5.91 Å². The third-order valence-electron chi connectivity index (χ3n) is 4.52. The second kappa shape index (κ2) is 5.70. The molecule has 6 nitrogen and oxygen atoms in total. The summed E-state index contributed by atoms with van der Waals surface area (Å²) in [5, 5.41) is 7.90. The van der Waals surface area contributed by atoms with Crippen molar-refractivity contribution < 1.29 is 14.1 Å². The molecule has 1 saturated carbocycles. The van der Waals surface area contributed by atoms with Gasteiger partial charge in [-0.1, -0.05) is 12.1 Å². The number of hydrogen-bond donors (Lipinski definition) is 2. The number of fused-ring (bicyclic) bond motifs is 1. The van der Waals surface area contributed by atoms with E-state index >= 15 is 0 Å². The summed E-state index contributed by atoms with van der Waals surface area (Å²) >= 11 is 0. The summed E-state index contributed by atoms with van der Waals surface area (Å²) in [6.07, 6.45) is 3.49. The SMILES string of the molecule is CC1(C(=O)NCc2cc3ccc(OCc4ccon4)cc3[nH]2)CC1. The predicted molar refractivity (Wildman–Crippen MR) is 88.3 cm³/mol. The highest BCUT2D eigenvalue weighted by atomic mass is 16.5. The van der Waals surface area contributed by atoms with E-state index in [1.165, 1.54) is 6.26 Å². The number of hydrogen-bond acceptors (Lipinski definition) is 4. The molecule has 1 aliphatic rings. The number of nitrogens with one attached hydrogen (secondary N) is 2. The quantitative estimate of drug-likeness (QED) is 0.729. The summed E-state index contributed by atoms with van der Waals surface area (Å²) in [5.41, 5.74) is 2.57. The van der Waals surface area contributed by atoms with Crippen LogP contribution in [0.4, 0.5) is 0 Å². The molecule has 0 aliphatic heterocycles. The van der Waals surface area contributed by atoms with Crippen molar-refractivity contribution in [1.82, 2.24) is 15.5 Å². The molecule has 0 saturated heterocycles. The molecule has 1 fully saturated rings. The van der Waals surface area contributed by atoms with Crippen molar-refractivity contribution >= 4 is 16.8 Å². The number of nitrogens with zero attached hydrogens (tertiary/aromatic N) is 1. The van der Waals surface area contributed by atoms with Gasteiger partial charge < -0.3 is 19.6 Å². The molecule has 1 amide bonds. The van der Waals surface area contributed by atoms with Gasteiger partial charge in [-0.25, -0.2) is 0 Å². The number of benzene rings is 1. The van der Waals surface area contributed by atoms with Crippen molar-refractivity contribution in [2.24, 2.45) is 5.41 Å². The van der Waals surface area contributed by atoms with E-state index in [9.17, 15) is 4.79 Å². The molecule has 0 atom stereocenters. The van der Waals surface area contributed by atoms with Crippen molar-refractivity contribution in [1.29, 1.82) is 0 Å². The number of aromatic amines is 1. The van der Waals surface area contributed by atoms with Crippen LogP contribution < -0.4 is 10.1 Å². The van der Waals surface area contributed by atoms with Crippen LogP contribution in [0.15, 0.2) is 41.1 Å². The molecule has 4 rings (SSSR count). The molecule has 1 aliphatic carbocycles. The van der Waals surface area contributed by atoms with Gasteiger partial charge in [0, 0.05) is 28.8 Å². The first kappa shape index (κ1) is 14.8. The van der Waals surface area contributed by atoms with Gasteiger partial charge in [0.15, 0.2) is 0 Å². The Bertz CT molecular complexity index is 863. The summed E-state index contributed by atoms with van der Waals surface area (Å²) < 4.78 is 10.5. The van der Waals surface area contributed by atoms with E-state index in [2.05, 4.69) is 15.5 Å². The third kappa shape index (κ3) is 2.99. The van der Waals surface area contributed by atoms with Crippen molar-refractivity contribution in [2.45, 2.75) is 32.9 Å². The Morgan fingerprint density at radius 2 is 2.25 bits per heavy atom. The summed E-state index contributed by atoms with van der Waals surface area (Å²) in [5.74, 6) is 0.895. The minimum Gasteiger partial charge on any atom is -0.487 e. The topological polar surface area (TPSA) is 80.2 Å². The molecule has 3 aromatic rings. The van der Waals surface area contributed by atoms with E-state index in [0.717, 1.165) is 40.9 Å². The summed E-state index contributed by atoms with van der Waals surface area (Å²) in [7, 11) is 0. The Hall–Kier alpha value is -2.76. The van der Waals surface area contributed by atoms with Gasteiger partial charge in [-0.05, 0) is 36.4 Å². The first-order chi connectivity index (χ1) is 11.6. The highest BCUT2D eigenvalue weighted by molar-refractivity contribution is 5.85. The molecule has 6 heteroatoms. The minimum atomic E-state index is -0.145. The van der Waals surface area contributed by atoms with Gasteiger partial charge in [0.05, 0.1) is 6.54 Å². The molecule has 2 aromatic heterocycles. The zero-order chi connectivity index (χ0) is 16.6. The zero-order valence-electron chi connectivity index (χ0n) is 13.5. The van der Waals surface area contributed by atoms with Gasteiger partial charge in [0.25, 0.3) is 0 Å². The number of amides is 1. The highest BCUT2D eigenvalue weighted by Crippen LogP contribution is 2.45. The number of carbonyl (C=O) groups is 1. The van der Waals surface area contributed by atoms with Crippen LogP contribution in [0.5, 0.6) is 5.75 Å². The summed E-state index contributed by atoms with van der Waals surface area (Å²) in [4.78, 5) is 15.3. The lowest BCUT2D eigenvalue weighted by Crippen LogP contribution is -2.29. The molecule has 0 bridgehead atoms. The lowest BCUT2D eigenvalue weighted by molar-refractivity contribution is -0.125. The Kier molecular flexibility index (Phi) is 3.52. The second-order valence-corrected chi connectivity index (χ2v) is 6.57. The molecule has 2 heterocycles. The Morgan fingerprint density at radius 3 is 3.00 bits per heavy atom. The third-order valence-corrected chi connectivity index (χ3v) is 4.52. The van der Waals surface area contributed by atoms with E-state index in [1.807, 2.05) is 31.2 Å². The van der Waals surface area contributed by atoms with Crippen molar-refractivity contribution in [2.75, 3.05) is 0 Å². The molecule has 0 unspecified atom stereocenters. The fraction of sp³-hybridized carbons (Fsp3) is 0.333. The molecular weight excluding hydrogens is 306 g/mol. The van der Waals surface area contributed by atoms with Crippen molar-refractivity contribution in [3.63, 3.8) is 0 Å². The van der Waals surface area contributed by atoms with Crippen LogP contribution in [0, 0.1) is 5.41 Å². The van der Waals surface area contributed by atoms with Crippen LogP contribution >= 0.6 is 0 Å². The zero-order valence-corrected chi connectivity index (χ0v) is 13.5. The maximum absolute atomic E-state index is 12.0. The summed E-state index contributed by atoms with van der Waals surface area (Å²) in [6, 6.07) is 9.69. The second-order valence-electron chi connectivity index (χ2n) is 6.57. The van der Waals surface area contributed by atoms with E-state index in [1.54, 1.807) is 6.07 Å². The fourth-order valence-corrected chi connectivity index (χ4v) is 2.62. The first-order valence-corrected chi connectivity index (χ1v) is 8.04. The standard InChI is InChI=1S/C18H19N3O3/c1-18(5-6-18)17(22)19-10-14-8-12-2-3-15(9-16(12)20-14)23-11-13-4-7-24-21-13/h2-4,7-9,20H,5-6,10-11H2,1H3,(H,19,22). The Balaban J connectivity index is 1.42. The maximum atomic E-state index is 12.0. The Morgan fingerprint density at radius 1 is 1.38 bits per heavy atom.